The van der Waals surface area contributed by atoms with Gasteiger partial charge in [-0.1, -0.05) is 11.2 Å². The summed E-state index contributed by atoms with van der Waals surface area (Å²) in [5.41, 5.74) is 10.2. The van der Waals surface area contributed by atoms with E-state index in [0.717, 1.165) is 29.6 Å². The number of benzene rings is 1. The SMILES string of the molecule is CC(C)Oc1ccc(-c2nc(C3=CCCC4=C3CC[C@@H]4NS(=O)(=O)CC(=O)N(C)C)no2)cc1N. The molecule has 1 amide bonds. The standard InChI is InChI=1S/C24H31N5O5S/c1-14(2)33-21-11-8-15(12-19(21)25)24-26-23(27-34-24)18-7-5-6-17-16(18)9-10-20(17)28-35(31,32)13-22(30)29(3)4/h7-8,11-12,14,20,28H,5-6,9-10,13,25H2,1-4H3/t20-/m0/s1. The summed E-state index contributed by atoms with van der Waals surface area (Å²) in [5, 5.41) is 4.19. The molecule has 0 radical (unpaired) electrons. The molecule has 0 unspecified atom stereocenters. The van der Waals surface area contributed by atoms with Crippen LogP contribution in [0.15, 0.2) is 39.9 Å². The molecular weight excluding hydrogens is 470 g/mol. The van der Waals surface area contributed by atoms with Crippen LogP contribution in [-0.2, 0) is 14.8 Å². The van der Waals surface area contributed by atoms with Crippen LogP contribution < -0.4 is 15.2 Å². The van der Waals surface area contributed by atoms with Crippen molar-refractivity contribution in [2.75, 3.05) is 25.6 Å². The summed E-state index contributed by atoms with van der Waals surface area (Å²) in [5.74, 6) is 0.367. The van der Waals surface area contributed by atoms with Gasteiger partial charge < -0.3 is 19.9 Å². The van der Waals surface area contributed by atoms with Crippen molar-refractivity contribution in [3.8, 4) is 17.2 Å². The molecule has 0 bridgehead atoms. The van der Waals surface area contributed by atoms with Crippen LogP contribution in [0.4, 0.5) is 5.69 Å². The van der Waals surface area contributed by atoms with Crippen molar-refractivity contribution in [1.29, 1.82) is 0 Å². The van der Waals surface area contributed by atoms with Gasteiger partial charge in [0.25, 0.3) is 5.89 Å². The molecule has 35 heavy (non-hydrogen) atoms. The van der Waals surface area contributed by atoms with E-state index in [-0.39, 0.29) is 12.1 Å². The molecule has 3 N–H and O–H groups in total. The molecule has 2 aliphatic rings. The third-order valence-corrected chi connectivity index (χ3v) is 7.27. The molecular formula is C24H31N5O5S. The Kier molecular flexibility index (Phi) is 7.00. The Labute approximate surface area is 205 Å². The normalized spacial score (nSPS) is 18.0. The molecule has 1 aromatic heterocycles. The molecule has 1 atom stereocenters. The van der Waals surface area contributed by atoms with E-state index in [9.17, 15) is 13.2 Å². The van der Waals surface area contributed by atoms with Crippen molar-refractivity contribution in [3.05, 3.63) is 41.2 Å². The number of nitrogens with zero attached hydrogens (tertiary/aromatic N) is 3. The lowest BCUT2D eigenvalue weighted by Gasteiger charge is -2.20. The fourth-order valence-electron chi connectivity index (χ4n) is 4.36. The maximum absolute atomic E-state index is 12.5. The highest BCUT2D eigenvalue weighted by Gasteiger charge is 2.34. The minimum Gasteiger partial charge on any atom is -0.489 e. The zero-order valence-corrected chi connectivity index (χ0v) is 21.2. The summed E-state index contributed by atoms with van der Waals surface area (Å²) in [6, 6.07) is 5.00. The number of ether oxygens (including phenoxy) is 1. The second-order valence-corrected chi connectivity index (χ2v) is 11.0. The van der Waals surface area contributed by atoms with Gasteiger partial charge in [0.05, 0.1) is 11.8 Å². The molecule has 4 rings (SSSR count). The maximum Gasteiger partial charge on any atom is 0.258 e. The van der Waals surface area contributed by atoms with Crippen molar-refractivity contribution in [2.45, 2.75) is 51.7 Å². The van der Waals surface area contributed by atoms with Gasteiger partial charge in [-0.05, 0) is 68.9 Å². The van der Waals surface area contributed by atoms with Gasteiger partial charge in [0, 0.05) is 31.3 Å². The number of aromatic nitrogens is 2. The zero-order valence-electron chi connectivity index (χ0n) is 20.4. The number of allylic oxidation sites excluding steroid dienone is 3. The summed E-state index contributed by atoms with van der Waals surface area (Å²) < 4.78 is 39.0. The minimum absolute atomic E-state index is 0.00653. The van der Waals surface area contributed by atoms with Gasteiger partial charge in [-0.25, -0.2) is 13.1 Å². The van der Waals surface area contributed by atoms with E-state index in [1.807, 2.05) is 19.9 Å². The molecule has 0 aliphatic heterocycles. The molecule has 11 heteroatoms. The largest absolute Gasteiger partial charge is 0.489 e. The minimum atomic E-state index is -3.76. The van der Waals surface area contributed by atoms with E-state index in [0.29, 0.717) is 41.6 Å². The van der Waals surface area contributed by atoms with Gasteiger partial charge in [-0.3, -0.25) is 4.79 Å². The van der Waals surface area contributed by atoms with Crippen LogP contribution in [0, 0.1) is 0 Å². The lowest BCUT2D eigenvalue weighted by atomic mass is 9.91. The molecule has 0 saturated carbocycles. The number of nitrogens with two attached hydrogens (primary N) is 1. The summed E-state index contributed by atoms with van der Waals surface area (Å²) in [7, 11) is -0.685. The summed E-state index contributed by atoms with van der Waals surface area (Å²) in [6.07, 6.45) is 4.86. The van der Waals surface area contributed by atoms with Crippen LogP contribution in [0.5, 0.6) is 5.75 Å². The summed E-state index contributed by atoms with van der Waals surface area (Å²) in [6.45, 7) is 3.86. The average molecular weight is 502 g/mol. The van der Waals surface area contributed by atoms with Crippen LogP contribution in [0.1, 0.15) is 45.4 Å². The average Bonchev–Trinajstić information content (AvgIpc) is 3.42. The highest BCUT2D eigenvalue weighted by Crippen LogP contribution is 2.42. The topological polar surface area (TPSA) is 141 Å². The Morgan fingerprint density at radius 2 is 2.09 bits per heavy atom. The number of rotatable bonds is 8. The zero-order chi connectivity index (χ0) is 25.3. The van der Waals surface area contributed by atoms with Crippen molar-refractivity contribution in [2.24, 2.45) is 0 Å². The molecule has 10 nitrogen and oxygen atoms in total. The predicted molar refractivity (Wildman–Crippen MR) is 133 cm³/mol. The van der Waals surface area contributed by atoms with E-state index in [4.69, 9.17) is 15.0 Å². The van der Waals surface area contributed by atoms with Gasteiger partial charge in [-0.15, -0.1) is 0 Å². The van der Waals surface area contributed by atoms with Crippen LogP contribution in [0.3, 0.4) is 0 Å². The molecule has 0 fully saturated rings. The van der Waals surface area contributed by atoms with Gasteiger partial charge in [0.1, 0.15) is 11.5 Å². The Morgan fingerprint density at radius 1 is 1.31 bits per heavy atom. The van der Waals surface area contributed by atoms with Crippen LogP contribution in [-0.4, -0.2) is 61.4 Å². The third kappa shape index (κ3) is 5.57. The number of nitrogen functional groups attached to an aromatic ring is 1. The molecule has 0 saturated heterocycles. The van der Waals surface area contributed by atoms with Crippen molar-refractivity contribution < 1.29 is 22.5 Å². The van der Waals surface area contributed by atoms with E-state index in [1.165, 1.54) is 19.0 Å². The summed E-state index contributed by atoms with van der Waals surface area (Å²) >= 11 is 0. The first-order valence-electron chi connectivity index (χ1n) is 11.6. The number of hydrogen-bond donors (Lipinski definition) is 2. The molecule has 188 valence electrons. The number of sulfonamides is 1. The quantitative estimate of drug-likeness (QED) is 0.526. The van der Waals surface area contributed by atoms with Crippen molar-refractivity contribution in [3.63, 3.8) is 0 Å². The van der Waals surface area contributed by atoms with E-state index in [1.54, 1.807) is 12.1 Å². The van der Waals surface area contributed by atoms with Crippen molar-refractivity contribution >= 4 is 27.2 Å². The molecule has 2 aromatic rings. The van der Waals surface area contributed by atoms with Gasteiger partial charge in [0.2, 0.25) is 21.8 Å². The predicted octanol–water partition coefficient (Wildman–Crippen LogP) is 2.75. The van der Waals surface area contributed by atoms with E-state index in [2.05, 4.69) is 20.9 Å². The van der Waals surface area contributed by atoms with Crippen LogP contribution in [0.2, 0.25) is 0 Å². The first-order valence-corrected chi connectivity index (χ1v) is 13.2. The number of nitrogens with one attached hydrogen (secondary N) is 1. The third-order valence-electron chi connectivity index (χ3n) is 6.00. The number of carbonyl (C=O) groups is 1. The molecule has 1 heterocycles. The number of amides is 1. The van der Waals surface area contributed by atoms with Crippen LogP contribution in [0.25, 0.3) is 17.0 Å². The number of anilines is 1. The van der Waals surface area contributed by atoms with Gasteiger partial charge >= 0.3 is 0 Å². The van der Waals surface area contributed by atoms with Gasteiger partial charge in [0.15, 0.2) is 0 Å². The molecule has 1 aromatic carbocycles. The highest BCUT2D eigenvalue weighted by atomic mass is 32.2. The first kappa shape index (κ1) is 24.9. The molecule has 2 aliphatic carbocycles. The lowest BCUT2D eigenvalue weighted by Crippen LogP contribution is -2.41. The van der Waals surface area contributed by atoms with Crippen LogP contribution >= 0.6 is 0 Å². The fraction of sp³-hybridized carbons (Fsp3) is 0.458. The monoisotopic (exact) mass is 501 g/mol. The van der Waals surface area contributed by atoms with E-state index < -0.39 is 21.7 Å². The lowest BCUT2D eigenvalue weighted by molar-refractivity contribution is -0.125. The number of hydrogen-bond acceptors (Lipinski definition) is 8. The maximum atomic E-state index is 12.5. The first-order chi connectivity index (χ1) is 16.5. The summed E-state index contributed by atoms with van der Waals surface area (Å²) in [4.78, 5) is 17.8. The Balaban J connectivity index is 1.53. The fourth-order valence-corrected chi connectivity index (χ4v) is 5.72. The molecule has 0 spiro atoms. The van der Waals surface area contributed by atoms with E-state index >= 15 is 0 Å². The Hall–Kier alpha value is -3.18. The second-order valence-electron chi connectivity index (χ2n) is 9.26. The van der Waals surface area contributed by atoms with Gasteiger partial charge in [-0.2, -0.15) is 4.98 Å². The number of carbonyl (C=O) groups excluding carboxylic acids is 1. The smallest absolute Gasteiger partial charge is 0.258 e. The Morgan fingerprint density at radius 3 is 2.77 bits per heavy atom. The van der Waals surface area contributed by atoms with Crippen molar-refractivity contribution in [1.82, 2.24) is 19.8 Å². The second kappa shape index (κ2) is 9.82. The Bertz CT molecular complexity index is 1290. The highest BCUT2D eigenvalue weighted by molar-refractivity contribution is 7.90.